The molecule has 0 saturated heterocycles. The lowest BCUT2D eigenvalue weighted by Crippen LogP contribution is -2.47. The Labute approximate surface area is 154 Å². The highest BCUT2D eigenvalue weighted by atomic mass is 28.4. The van der Waals surface area contributed by atoms with Gasteiger partial charge in [-0.15, -0.1) is 13.2 Å². The summed E-state index contributed by atoms with van der Waals surface area (Å²) in [6.07, 6.45) is 18.7. The van der Waals surface area contributed by atoms with Crippen LogP contribution in [0.1, 0.15) is 40.5 Å². The van der Waals surface area contributed by atoms with Crippen LogP contribution in [0.2, 0.25) is 11.1 Å². The maximum absolute atomic E-state index is 6.65. The Bertz CT molecular complexity index is 554. The molecule has 0 bridgehead atoms. The molecule has 0 radical (unpaired) electrons. The smallest absolute Gasteiger partial charge is 0.465 e. The van der Waals surface area contributed by atoms with Gasteiger partial charge in [0.2, 0.25) is 0 Å². The SMILES string of the molecule is C=C[C@H]1C=C(O[Si](OC2=C[C@H](C=C)CC=C2)(C(C)C)C(C)C)C=CC1. The summed E-state index contributed by atoms with van der Waals surface area (Å²) in [7, 11) is -2.52. The fourth-order valence-corrected chi connectivity index (χ4v) is 6.67. The quantitative estimate of drug-likeness (QED) is 0.361. The van der Waals surface area contributed by atoms with E-state index in [1.54, 1.807) is 0 Å². The molecule has 2 aliphatic carbocycles. The van der Waals surface area contributed by atoms with Crippen molar-refractivity contribution in [2.45, 2.75) is 51.6 Å². The lowest BCUT2D eigenvalue weighted by atomic mass is 10.0. The first-order valence-corrected chi connectivity index (χ1v) is 11.3. The van der Waals surface area contributed by atoms with Crippen molar-refractivity contribution in [3.05, 3.63) is 73.3 Å². The normalized spacial score (nSPS) is 23.3. The Morgan fingerprint density at radius 2 is 1.28 bits per heavy atom. The topological polar surface area (TPSA) is 18.5 Å². The minimum absolute atomic E-state index is 0.323. The molecule has 0 aliphatic heterocycles. The molecule has 25 heavy (non-hydrogen) atoms. The molecule has 0 aromatic heterocycles. The summed E-state index contributed by atoms with van der Waals surface area (Å²) in [5, 5.41) is 0. The van der Waals surface area contributed by atoms with Crippen LogP contribution in [0.4, 0.5) is 0 Å². The molecule has 136 valence electrons. The van der Waals surface area contributed by atoms with E-state index in [0.717, 1.165) is 24.4 Å². The third-order valence-electron chi connectivity index (χ3n) is 4.91. The zero-order valence-electron chi connectivity index (χ0n) is 16.1. The highest BCUT2D eigenvalue weighted by Crippen LogP contribution is 2.40. The van der Waals surface area contributed by atoms with E-state index in [0.29, 0.717) is 22.9 Å². The molecule has 0 aromatic rings. The van der Waals surface area contributed by atoms with Gasteiger partial charge in [-0.1, -0.05) is 52.0 Å². The van der Waals surface area contributed by atoms with Gasteiger partial charge in [0.15, 0.2) is 0 Å². The Balaban J connectivity index is 2.31. The van der Waals surface area contributed by atoms with Gasteiger partial charge in [-0.2, -0.15) is 0 Å². The summed E-state index contributed by atoms with van der Waals surface area (Å²) in [4.78, 5) is 0. The van der Waals surface area contributed by atoms with Crippen molar-refractivity contribution in [1.29, 1.82) is 0 Å². The summed E-state index contributed by atoms with van der Waals surface area (Å²) in [6, 6.07) is 0. The largest absolute Gasteiger partial charge is 0.512 e. The van der Waals surface area contributed by atoms with E-state index in [4.69, 9.17) is 8.85 Å². The van der Waals surface area contributed by atoms with E-state index in [1.807, 2.05) is 12.2 Å². The van der Waals surface area contributed by atoms with E-state index in [-0.39, 0.29) is 0 Å². The number of hydrogen-bond acceptors (Lipinski definition) is 2. The Morgan fingerprint density at radius 3 is 1.60 bits per heavy atom. The van der Waals surface area contributed by atoms with Crippen molar-refractivity contribution in [3.8, 4) is 0 Å². The van der Waals surface area contributed by atoms with Gasteiger partial charge in [0, 0.05) is 22.9 Å². The molecule has 3 heteroatoms. The molecule has 0 saturated carbocycles. The summed E-state index contributed by atoms with van der Waals surface area (Å²) in [5.41, 5.74) is 0.647. The molecule has 0 amide bonds. The second kappa shape index (κ2) is 8.57. The van der Waals surface area contributed by atoms with Crippen LogP contribution < -0.4 is 0 Å². The number of rotatable bonds is 8. The fourth-order valence-electron chi connectivity index (χ4n) is 3.34. The standard InChI is InChI=1S/C22H32O2Si/c1-7-19-11-9-13-21(15-19)23-25(17(3)4,18(5)6)24-22-14-10-12-20(8-2)16-22/h7-10,13-20H,1-2,11-12H2,3-6H3/t19-,20-/m1/s1. The minimum atomic E-state index is -2.52. The molecule has 0 unspecified atom stereocenters. The zero-order valence-corrected chi connectivity index (χ0v) is 17.1. The van der Waals surface area contributed by atoms with Crippen molar-refractivity contribution in [1.82, 2.24) is 0 Å². The Kier molecular flexibility index (Phi) is 6.71. The van der Waals surface area contributed by atoms with Crippen LogP contribution in [0.15, 0.2) is 73.3 Å². The van der Waals surface area contributed by atoms with Gasteiger partial charge < -0.3 is 8.85 Å². The lowest BCUT2D eigenvalue weighted by molar-refractivity contribution is 0.247. The van der Waals surface area contributed by atoms with Crippen LogP contribution >= 0.6 is 0 Å². The second-order valence-corrected chi connectivity index (χ2v) is 11.6. The lowest BCUT2D eigenvalue weighted by Gasteiger charge is -2.39. The van der Waals surface area contributed by atoms with Crippen LogP contribution in [0, 0.1) is 11.8 Å². The monoisotopic (exact) mass is 356 g/mol. The van der Waals surface area contributed by atoms with E-state index in [2.05, 4.69) is 77.3 Å². The third kappa shape index (κ3) is 4.66. The maximum Gasteiger partial charge on any atom is 0.465 e. The molecule has 2 rings (SSSR count). The van der Waals surface area contributed by atoms with Gasteiger partial charge in [0.1, 0.15) is 11.5 Å². The van der Waals surface area contributed by atoms with Gasteiger partial charge in [-0.05, 0) is 37.1 Å². The first-order chi connectivity index (χ1) is 11.9. The molecule has 0 aromatic carbocycles. The van der Waals surface area contributed by atoms with Crippen LogP contribution in [0.5, 0.6) is 0 Å². The number of allylic oxidation sites excluding steroid dienone is 8. The average molecular weight is 357 g/mol. The first kappa shape index (κ1) is 19.6. The van der Waals surface area contributed by atoms with Crippen molar-refractivity contribution in [2.24, 2.45) is 11.8 Å². The van der Waals surface area contributed by atoms with Crippen LogP contribution in [0.25, 0.3) is 0 Å². The van der Waals surface area contributed by atoms with Crippen molar-refractivity contribution >= 4 is 8.56 Å². The molecule has 2 atom stereocenters. The van der Waals surface area contributed by atoms with E-state index in [1.165, 1.54) is 0 Å². The van der Waals surface area contributed by atoms with Gasteiger partial charge in [0.05, 0.1) is 0 Å². The molecule has 0 spiro atoms. The average Bonchev–Trinajstić information content (AvgIpc) is 2.61. The summed E-state index contributed by atoms with van der Waals surface area (Å²) < 4.78 is 13.3. The fraction of sp³-hybridized carbons (Fsp3) is 0.455. The Hall–Kier alpha value is -1.74. The highest BCUT2D eigenvalue weighted by molar-refractivity contribution is 6.70. The molecule has 0 N–H and O–H groups in total. The van der Waals surface area contributed by atoms with E-state index >= 15 is 0 Å². The molecular weight excluding hydrogens is 324 g/mol. The van der Waals surface area contributed by atoms with Gasteiger partial charge in [0.25, 0.3) is 0 Å². The van der Waals surface area contributed by atoms with Crippen molar-refractivity contribution < 1.29 is 8.85 Å². The first-order valence-electron chi connectivity index (χ1n) is 9.31. The predicted molar refractivity (Wildman–Crippen MR) is 109 cm³/mol. The van der Waals surface area contributed by atoms with Gasteiger partial charge >= 0.3 is 8.56 Å². The van der Waals surface area contributed by atoms with E-state index < -0.39 is 8.56 Å². The Morgan fingerprint density at radius 1 is 0.880 bits per heavy atom. The van der Waals surface area contributed by atoms with Crippen molar-refractivity contribution in [3.63, 3.8) is 0 Å². The van der Waals surface area contributed by atoms with Crippen LogP contribution in [0.3, 0.4) is 0 Å². The predicted octanol–water partition coefficient (Wildman–Crippen LogP) is 6.57. The summed E-state index contributed by atoms with van der Waals surface area (Å²) in [5.74, 6) is 2.52. The third-order valence-corrected chi connectivity index (χ3v) is 9.24. The van der Waals surface area contributed by atoms with Crippen LogP contribution in [-0.2, 0) is 8.85 Å². The molecule has 0 fully saturated rings. The van der Waals surface area contributed by atoms with E-state index in [9.17, 15) is 0 Å². The molecule has 2 nitrogen and oxygen atoms in total. The molecular formula is C22H32O2Si. The zero-order chi connectivity index (χ0) is 18.4. The summed E-state index contributed by atoms with van der Waals surface area (Å²) >= 11 is 0. The second-order valence-electron chi connectivity index (χ2n) is 7.45. The number of hydrogen-bond donors (Lipinski definition) is 0. The maximum atomic E-state index is 6.65. The van der Waals surface area contributed by atoms with Crippen molar-refractivity contribution in [2.75, 3.05) is 0 Å². The summed E-state index contributed by atoms with van der Waals surface area (Å²) in [6.45, 7) is 16.7. The molecule has 2 aliphatic rings. The van der Waals surface area contributed by atoms with Gasteiger partial charge in [-0.3, -0.25) is 0 Å². The minimum Gasteiger partial charge on any atom is -0.512 e. The van der Waals surface area contributed by atoms with Crippen LogP contribution in [-0.4, -0.2) is 8.56 Å². The highest BCUT2D eigenvalue weighted by Gasteiger charge is 2.50. The molecule has 0 heterocycles. The van der Waals surface area contributed by atoms with Gasteiger partial charge in [-0.25, -0.2) is 0 Å².